The standard InChI is InChI=1S/C15H14FN5/c1-2-21-15(20-10-6-5-9-14(20)19-21)18-17-11-12-7-3-4-8-13(12)16/h3-11H,2H2,1H3/b17-11+,18-15-. The van der Waals surface area contributed by atoms with Crippen LogP contribution in [0.3, 0.4) is 0 Å². The average molecular weight is 283 g/mol. The largest absolute Gasteiger partial charge is 0.267 e. The summed E-state index contributed by atoms with van der Waals surface area (Å²) < 4.78 is 17.1. The molecule has 2 aromatic heterocycles. The van der Waals surface area contributed by atoms with Gasteiger partial charge in [-0.05, 0) is 25.1 Å². The van der Waals surface area contributed by atoms with E-state index in [-0.39, 0.29) is 5.82 Å². The van der Waals surface area contributed by atoms with Crippen molar-refractivity contribution < 1.29 is 4.39 Å². The lowest BCUT2D eigenvalue weighted by Crippen LogP contribution is -2.21. The maximum Gasteiger partial charge on any atom is 0.252 e. The average Bonchev–Trinajstić information content (AvgIpc) is 2.87. The van der Waals surface area contributed by atoms with Crippen molar-refractivity contribution in [3.63, 3.8) is 0 Å². The molecule has 0 aliphatic heterocycles. The molecule has 0 saturated heterocycles. The molecular formula is C15H14FN5. The van der Waals surface area contributed by atoms with Crippen LogP contribution in [0, 0.1) is 5.82 Å². The van der Waals surface area contributed by atoms with Gasteiger partial charge in [0, 0.05) is 18.3 Å². The molecule has 106 valence electrons. The molecule has 0 unspecified atom stereocenters. The molecule has 0 bridgehead atoms. The Morgan fingerprint density at radius 3 is 2.81 bits per heavy atom. The van der Waals surface area contributed by atoms with Gasteiger partial charge in [0.15, 0.2) is 5.65 Å². The maximum atomic E-state index is 13.5. The number of nitrogens with zero attached hydrogens (tertiary/aromatic N) is 5. The van der Waals surface area contributed by atoms with E-state index in [1.165, 1.54) is 12.3 Å². The predicted octanol–water partition coefficient (Wildman–Crippen LogP) is 2.23. The number of benzene rings is 1. The van der Waals surface area contributed by atoms with E-state index in [2.05, 4.69) is 15.3 Å². The third kappa shape index (κ3) is 2.60. The van der Waals surface area contributed by atoms with Crippen molar-refractivity contribution in [1.82, 2.24) is 14.2 Å². The summed E-state index contributed by atoms with van der Waals surface area (Å²) in [6.45, 7) is 2.65. The molecule has 21 heavy (non-hydrogen) atoms. The van der Waals surface area contributed by atoms with Gasteiger partial charge in [0.05, 0.1) is 6.21 Å². The smallest absolute Gasteiger partial charge is 0.252 e. The Morgan fingerprint density at radius 1 is 1.19 bits per heavy atom. The SMILES string of the molecule is CCn1nc2ccccn2/c1=N/N=C/c1ccccc1F. The molecule has 0 aliphatic carbocycles. The fourth-order valence-electron chi connectivity index (χ4n) is 2.01. The van der Waals surface area contributed by atoms with E-state index < -0.39 is 0 Å². The fourth-order valence-corrected chi connectivity index (χ4v) is 2.01. The van der Waals surface area contributed by atoms with Gasteiger partial charge in [0.25, 0.3) is 5.62 Å². The minimum atomic E-state index is -0.321. The van der Waals surface area contributed by atoms with Gasteiger partial charge in [-0.15, -0.1) is 5.10 Å². The topological polar surface area (TPSA) is 47.0 Å². The molecule has 0 radical (unpaired) electrons. The summed E-state index contributed by atoms with van der Waals surface area (Å²) in [5, 5.41) is 12.6. The van der Waals surface area contributed by atoms with Crippen LogP contribution in [-0.2, 0) is 6.54 Å². The van der Waals surface area contributed by atoms with Crippen molar-refractivity contribution in [3.8, 4) is 0 Å². The first-order valence-electron chi connectivity index (χ1n) is 6.65. The van der Waals surface area contributed by atoms with Crippen molar-refractivity contribution in [2.75, 3.05) is 0 Å². The number of rotatable bonds is 3. The van der Waals surface area contributed by atoms with Gasteiger partial charge in [-0.1, -0.05) is 24.3 Å². The Hall–Kier alpha value is -2.76. The maximum absolute atomic E-state index is 13.5. The van der Waals surface area contributed by atoms with E-state index >= 15 is 0 Å². The van der Waals surface area contributed by atoms with Gasteiger partial charge in [0.2, 0.25) is 0 Å². The fraction of sp³-hybridized carbons (Fsp3) is 0.133. The molecule has 2 heterocycles. The summed E-state index contributed by atoms with van der Waals surface area (Å²) in [6.07, 6.45) is 3.27. The molecule has 0 atom stereocenters. The third-order valence-electron chi connectivity index (χ3n) is 3.06. The van der Waals surface area contributed by atoms with E-state index in [1.54, 1.807) is 22.9 Å². The van der Waals surface area contributed by atoms with E-state index in [0.717, 1.165) is 5.65 Å². The molecule has 0 aliphatic rings. The zero-order chi connectivity index (χ0) is 14.7. The summed E-state index contributed by atoms with van der Waals surface area (Å²) in [4.78, 5) is 0. The van der Waals surface area contributed by atoms with Crippen LogP contribution >= 0.6 is 0 Å². The zero-order valence-electron chi connectivity index (χ0n) is 11.5. The van der Waals surface area contributed by atoms with Crippen molar-refractivity contribution in [2.24, 2.45) is 10.2 Å². The Kier molecular flexibility index (Phi) is 3.59. The normalized spacial score (nSPS) is 12.6. The third-order valence-corrected chi connectivity index (χ3v) is 3.06. The summed E-state index contributed by atoms with van der Waals surface area (Å²) in [5.74, 6) is -0.321. The molecule has 5 nitrogen and oxygen atoms in total. The molecule has 1 aromatic carbocycles. The number of hydrogen-bond acceptors (Lipinski definition) is 3. The summed E-state index contributed by atoms with van der Waals surface area (Å²) in [7, 11) is 0. The van der Waals surface area contributed by atoms with Crippen LogP contribution in [0.4, 0.5) is 4.39 Å². The van der Waals surface area contributed by atoms with Crippen molar-refractivity contribution in [3.05, 3.63) is 65.7 Å². The van der Waals surface area contributed by atoms with Crippen LogP contribution in [0.25, 0.3) is 5.65 Å². The van der Waals surface area contributed by atoms with Crippen LogP contribution in [0.2, 0.25) is 0 Å². The number of fused-ring (bicyclic) bond motifs is 1. The van der Waals surface area contributed by atoms with Gasteiger partial charge < -0.3 is 0 Å². The first-order chi connectivity index (χ1) is 10.3. The minimum absolute atomic E-state index is 0.321. The number of pyridine rings is 1. The zero-order valence-corrected chi connectivity index (χ0v) is 11.5. The summed E-state index contributed by atoms with van der Waals surface area (Å²) in [5.41, 5.74) is 1.79. The molecule has 0 fully saturated rings. The van der Waals surface area contributed by atoms with E-state index in [9.17, 15) is 4.39 Å². The quantitative estimate of drug-likeness (QED) is 0.537. The Morgan fingerprint density at radius 2 is 2.00 bits per heavy atom. The molecule has 6 heteroatoms. The highest BCUT2D eigenvalue weighted by molar-refractivity contribution is 5.79. The van der Waals surface area contributed by atoms with Crippen molar-refractivity contribution in [1.29, 1.82) is 0 Å². The Balaban J connectivity index is 2.06. The highest BCUT2D eigenvalue weighted by atomic mass is 19.1. The number of hydrogen-bond donors (Lipinski definition) is 0. The molecule has 3 rings (SSSR count). The molecule has 3 aromatic rings. The highest BCUT2D eigenvalue weighted by Gasteiger charge is 2.02. The van der Waals surface area contributed by atoms with Crippen molar-refractivity contribution >= 4 is 11.9 Å². The molecule has 0 amide bonds. The van der Waals surface area contributed by atoms with E-state index in [1.807, 2.05) is 35.7 Å². The molecule has 0 N–H and O–H groups in total. The number of aromatic nitrogens is 3. The Bertz CT molecular complexity index is 860. The van der Waals surface area contributed by atoms with Crippen LogP contribution in [0.5, 0.6) is 0 Å². The van der Waals surface area contributed by atoms with Crippen molar-refractivity contribution in [2.45, 2.75) is 13.5 Å². The van der Waals surface area contributed by atoms with Gasteiger partial charge >= 0.3 is 0 Å². The second-order valence-corrected chi connectivity index (χ2v) is 4.41. The van der Waals surface area contributed by atoms with Crippen LogP contribution in [0.15, 0.2) is 58.9 Å². The molecule has 0 saturated carbocycles. The number of aryl methyl sites for hydroxylation is 1. The van der Waals surface area contributed by atoms with Gasteiger partial charge in [-0.3, -0.25) is 4.40 Å². The lowest BCUT2D eigenvalue weighted by molar-refractivity contribution is 0.614. The monoisotopic (exact) mass is 283 g/mol. The van der Waals surface area contributed by atoms with E-state index in [4.69, 9.17) is 0 Å². The highest BCUT2D eigenvalue weighted by Crippen LogP contribution is 2.02. The first kappa shape index (κ1) is 13.2. The first-order valence-corrected chi connectivity index (χ1v) is 6.65. The second kappa shape index (κ2) is 5.70. The van der Waals surface area contributed by atoms with E-state index in [0.29, 0.717) is 17.7 Å². The predicted molar refractivity (Wildman–Crippen MR) is 78.4 cm³/mol. The lowest BCUT2D eigenvalue weighted by atomic mass is 10.2. The molecule has 0 spiro atoms. The summed E-state index contributed by atoms with van der Waals surface area (Å²) in [6, 6.07) is 12.1. The second-order valence-electron chi connectivity index (χ2n) is 4.41. The van der Waals surface area contributed by atoms with Gasteiger partial charge in [0.1, 0.15) is 5.82 Å². The molecular weight excluding hydrogens is 269 g/mol. The summed E-state index contributed by atoms with van der Waals surface area (Å²) >= 11 is 0. The van der Waals surface area contributed by atoms with Gasteiger partial charge in [-0.25, -0.2) is 9.07 Å². The lowest BCUT2D eigenvalue weighted by Gasteiger charge is -1.94. The van der Waals surface area contributed by atoms with Crippen LogP contribution in [0.1, 0.15) is 12.5 Å². The Labute approximate surface area is 120 Å². The number of halogens is 1. The van der Waals surface area contributed by atoms with Gasteiger partial charge in [-0.2, -0.15) is 10.2 Å². The minimum Gasteiger partial charge on any atom is -0.267 e. The van der Waals surface area contributed by atoms with Crippen LogP contribution < -0.4 is 5.62 Å². The van der Waals surface area contributed by atoms with Crippen LogP contribution in [-0.4, -0.2) is 20.4 Å².